The van der Waals surface area contributed by atoms with Crippen LogP contribution in [0.1, 0.15) is 5.69 Å². The number of thioether (sulfide) groups is 2. The van der Waals surface area contributed by atoms with Crippen molar-refractivity contribution in [1.29, 1.82) is 0 Å². The molecule has 1 aliphatic rings. The molecule has 0 radical (unpaired) electrons. The van der Waals surface area contributed by atoms with Crippen LogP contribution in [0.3, 0.4) is 0 Å². The van der Waals surface area contributed by atoms with Crippen LogP contribution < -0.4 is 5.32 Å². The third-order valence-corrected chi connectivity index (χ3v) is 5.32. The number of aliphatic hydroxyl groups is 1. The van der Waals surface area contributed by atoms with Crippen LogP contribution in [0.5, 0.6) is 0 Å². The SMILES string of the molecule is OCCn1cc(CNCC2CSCCS2)nn1. The molecule has 0 aromatic carbocycles. The van der Waals surface area contributed by atoms with Gasteiger partial charge in [-0.25, -0.2) is 4.68 Å². The van der Waals surface area contributed by atoms with Crippen LogP contribution in [0.2, 0.25) is 0 Å². The van der Waals surface area contributed by atoms with Crippen LogP contribution in [-0.2, 0) is 13.1 Å². The molecule has 1 saturated heterocycles. The van der Waals surface area contributed by atoms with Crippen LogP contribution in [0.4, 0.5) is 0 Å². The first-order valence-electron chi connectivity index (χ1n) is 5.78. The molecule has 0 saturated carbocycles. The third-order valence-electron chi connectivity index (χ3n) is 2.48. The molecule has 96 valence electrons. The molecule has 0 bridgehead atoms. The summed E-state index contributed by atoms with van der Waals surface area (Å²) < 4.78 is 1.67. The van der Waals surface area contributed by atoms with Gasteiger partial charge in [0.05, 0.1) is 18.8 Å². The Hall–Kier alpha value is -0.240. The van der Waals surface area contributed by atoms with Crippen molar-refractivity contribution in [3.05, 3.63) is 11.9 Å². The molecule has 1 aliphatic heterocycles. The molecule has 0 aliphatic carbocycles. The van der Waals surface area contributed by atoms with E-state index in [0.29, 0.717) is 6.54 Å². The normalized spacial score (nSPS) is 20.6. The maximum absolute atomic E-state index is 8.77. The summed E-state index contributed by atoms with van der Waals surface area (Å²) in [4.78, 5) is 0. The molecule has 2 rings (SSSR count). The summed E-state index contributed by atoms with van der Waals surface area (Å²) in [6, 6.07) is 0. The quantitative estimate of drug-likeness (QED) is 0.773. The van der Waals surface area contributed by atoms with Gasteiger partial charge in [-0.3, -0.25) is 0 Å². The second-order valence-corrected chi connectivity index (χ2v) is 6.45. The topological polar surface area (TPSA) is 63.0 Å². The monoisotopic (exact) mass is 274 g/mol. The predicted molar refractivity (Wildman–Crippen MR) is 72.4 cm³/mol. The van der Waals surface area contributed by atoms with Gasteiger partial charge < -0.3 is 10.4 Å². The standard InChI is InChI=1S/C10H18N4OS2/c15-2-1-14-7-9(12-13-14)5-11-6-10-8-16-3-4-17-10/h7,10-11,15H,1-6,8H2. The Kier molecular flexibility index (Phi) is 5.63. The van der Waals surface area contributed by atoms with Crippen molar-refractivity contribution in [3.8, 4) is 0 Å². The van der Waals surface area contributed by atoms with Crippen LogP contribution in [0.15, 0.2) is 6.20 Å². The van der Waals surface area contributed by atoms with Crippen molar-refractivity contribution in [2.75, 3.05) is 30.4 Å². The fourth-order valence-electron chi connectivity index (χ4n) is 1.65. The number of hydrogen-bond donors (Lipinski definition) is 2. The summed E-state index contributed by atoms with van der Waals surface area (Å²) in [5.74, 6) is 3.80. The maximum atomic E-state index is 8.77. The van der Waals surface area contributed by atoms with Crippen LogP contribution in [0.25, 0.3) is 0 Å². The van der Waals surface area contributed by atoms with E-state index in [1.807, 2.05) is 18.0 Å². The van der Waals surface area contributed by atoms with E-state index in [-0.39, 0.29) is 6.61 Å². The molecule has 2 N–H and O–H groups in total. The van der Waals surface area contributed by atoms with Gasteiger partial charge in [0.2, 0.25) is 0 Å². The average Bonchev–Trinajstić information content (AvgIpc) is 2.79. The molecule has 0 amide bonds. The lowest BCUT2D eigenvalue weighted by Crippen LogP contribution is -2.28. The summed E-state index contributed by atoms with van der Waals surface area (Å²) >= 11 is 4.09. The van der Waals surface area contributed by atoms with Crippen molar-refractivity contribution < 1.29 is 5.11 Å². The lowest BCUT2D eigenvalue weighted by molar-refractivity contribution is 0.268. The zero-order valence-corrected chi connectivity index (χ0v) is 11.3. The minimum absolute atomic E-state index is 0.103. The summed E-state index contributed by atoms with van der Waals surface area (Å²) in [6.45, 7) is 2.41. The van der Waals surface area contributed by atoms with Gasteiger partial charge in [-0.1, -0.05) is 5.21 Å². The van der Waals surface area contributed by atoms with Gasteiger partial charge in [-0.2, -0.15) is 23.5 Å². The average molecular weight is 274 g/mol. The lowest BCUT2D eigenvalue weighted by atomic mass is 10.4. The van der Waals surface area contributed by atoms with E-state index in [2.05, 4.69) is 27.4 Å². The summed E-state index contributed by atoms with van der Waals surface area (Å²) in [6.07, 6.45) is 1.88. The van der Waals surface area contributed by atoms with Crippen molar-refractivity contribution in [2.45, 2.75) is 18.3 Å². The third kappa shape index (κ3) is 4.50. The Labute approximate surface area is 110 Å². The molecular formula is C10H18N4OS2. The summed E-state index contributed by atoms with van der Waals surface area (Å²) in [5, 5.41) is 20.9. The van der Waals surface area contributed by atoms with Crippen molar-refractivity contribution in [3.63, 3.8) is 0 Å². The van der Waals surface area contributed by atoms with E-state index in [1.165, 1.54) is 17.3 Å². The highest BCUT2D eigenvalue weighted by Crippen LogP contribution is 2.23. The highest BCUT2D eigenvalue weighted by molar-refractivity contribution is 8.06. The number of rotatable bonds is 6. The Morgan fingerprint density at radius 2 is 2.47 bits per heavy atom. The zero-order valence-electron chi connectivity index (χ0n) is 9.71. The maximum Gasteiger partial charge on any atom is 0.0964 e. The number of hydrogen-bond acceptors (Lipinski definition) is 6. The van der Waals surface area contributed by atoms with E-state index >= 15 is 0 Å². The first kappa shape index (κ1) is 13.2. The second kappa shape index (κ2) is 7.25. The molecule has 7 heteroatoms. The number of aliphatic hydroxyl groups excluding tert-OH is 1. The van der Waals surface area contributed by atoms with Gasteiger partial charge in [0, 0.05) is 41.8 Å². The fourth-order valence-corrected chi connectivity index (χ4v) is 4.29. The van der Waals surface area contributed by atoms with Gasteiger partial charge in [-0.15, -0.1) is 5.10 Å². The van der Waals surface area contributed by atoms with Gasteiger partial charge in [0.1, 0.15) is 0 Å². The van der Waals surface area contributed by atoms with Gasteiger partial charge in [0.25, 0.3) is 0 Å². The highest BCUT2D eigenvalue weighted by Gasteiger charge is 2.13. The molecule has 5 nitrogen and oxygen atoms in total. The molecule has 1 aromatic heterocycles. The molecule has 1 fully saturated rings. The molecule has 1 atom stereocenters. The van der Waals surface area contributed by atoms with Gasteiger partial charge >= 0.3 is 0 Å². The largest absolute Gasteiger partial charge is 0.394 e. The van der Waals surface area contributed by atoms with E-state index in [4.69, 9.17) is 5.11 Å². The smallest absolute Gasteiger partial charge is 0.0964 e. The minimum Gasteiger partial charge on any atom is -0.394 e. The predicted octanol–water partition coefficient (Wildman–Crippen LogP) is 0.209. The Balaban J connectivity index is 1.66. The Morgan fingerprint density at radius 3 is 3.24 bits per heavy atom. The zero-order chi connectivity index (χ0) is 11.9. The molecule has 17 heavy (non-hydrogen) atoms. The molecular weight excluding hydrogens is 256 g/mol. The highest BCUT2D eigenvalue weighted by atomic mass is 32.2. The number of nitrogens with one attached hydrogen (secondary N) is 1. The second-order valence-electron chi connectivity index (χ2n) is 3.90. The molecule has 0 spiro atoms. The molecule has 1 unspecified atom stereocenters. The fraction of sp³-hybridized carbons (Fsp3) is 0.800. The summed E-state index contributed by atoms with van der Waals surface area (Å²) in [7, 11) is 0. The Bertz CT molecular complexity index is 328. The van der Waals surface area contributed by atoms with E-state index in [0.717, 1.165) is 24.0 Å². The van der Waals surface area contributed by atoms with Gasteiger partial charge in [0.15, 0.2) is 0 Å². The van der Waals surface area contributed by atoms with Crippen molar-refractivity contribution in [1.82, 2.24) is 20.3 Å². The first-order valence-corrected chi connectivity index (χ1v) is 7.99. The van der Waals surface area contributed by atoms with E-state index in [9.17, 15) is 0 Å². The molecule has 1 aromatic rings. The van der Waals surface area contributed by atoms with E-state index in [1.54, 1.807) is 4.68 Å². The van der Waals surface area contributed by atoms with Crippen LogP contribution in [0, 0.1) is 0 Å². The Morgan fingerprint density at radius 1 is 1.53 bits per heavy atom. The van der Waals surface area contributed by atoms with E-state index < -0.39 is 0 Å². The van der Waals surface area contributed by atoms with Gasteiger partial charge in [-0.05, 0) is 0 Å². The minimum atomic E-state index is 0.103. The number of aromatic nitrogens is 3. The summed E-state index contributed by atoms with van der Waals surface area (Å²) in [5.41, 5.74) is 0.937. The van der Waals surface area contributed by atoms with Crippen molar-refractivity contribution >= 4 is 23.5 Å². The first-order chi connectivity index (χ1) is 8.38. The van der Waals surface area contributed by atoms with Crippen LogP contribution >= 0.6 is 23.5 Å². The molecule has 2 heterocycles. The van der Waals surface area contributed by atoms with Crippen LogP contribution in [-0.4, -0.2) is 55.8 Å². The lowest BCUT2D eigenvalue weighted by Gasteiger charge is -2.20. The number of nitrogens with zero attached hydrogens (tertiary/aromatic N) is 3. The van der Waals surface area contributed by atoms with Crippen molar-refractivity contribution in [2.24, 2.45) is 0 Å².